The van der Waals surface area contributed by atoms with Gasteiger partial charge in [0.1, 0.15) is 0 Å². The van der Waals surface area contributed by atoms with E-state index in [4.69, 9.17) is 5.11 Å². The van der Waals surface area contributed by atoms with Gasteiger partial charge in [0.15, 0.2) is 9.84 Å². The van der Waals surface area contributed by atoms with Gasteiger partial charge in [-0.15, -0.1) is 0 Å². The Labute approximate surface area is 136 Å². The van der Waals surface area contributed by atoms with Crippen molar-refractivity contribution < 1.29 is 23.1 Å². The smallest absolute Gasteiger partial charge is 0.303 e. The number of rotatable bonds is 5. The standard InChI is InChI=1S/C16H21NO5S/c1-23(21,22)14-7-5-13(6-8-14)16(20)17-10-2-3-12(11-17)4-9-15(18)19/h5-8,12H,2-4,9-11H2,1H3,(H,18,19)/t12-/m0/s1. The second-order valence-corrected chi connectivity index (χ2v) is 8.00. The van der Waals surface area contributed by atoms with E-state index in [1.54, 1.807) is 4.90 Å². The Hall–Kier alpha value is -1.89. The predicted molar refractivity (Wildman–Crippen MR) is 85.0 cm³/mol. The molecule has 0 unspecified atom stereocenters. The Kier molecular flexibility index (Phi) is 5.41. The van der Waals surface area contributed by atoms with Gasteiger partial charge in [-0.05, 0) is 49.4 Å². The van der Waals surface area contributed by atoms with Crippen molar-refractivity contribution in [2.24, 2.45) is 5.92 Å². The zero-order valence-electron chi connectivity index (χ0n) is 13.1. The summed E-state index contributed by atoms with van der Waals surface area (Å²) in [6.07, 6.45) is 3.62. The molecule has 1 saturated heterocycles. The topological polar surface area (TPSA) is 91.8 Å². The average Bonchev–Trinajstić information content (AvgIpc) is 2.52. The third-order valence-electron chi connectivity index (χ3n) is 4.10. The summed E-state index contributed by atoms with van der Waals surface area (Å²) in [5.74, 6) is -0.742. The number of piperidine rings is 1. The van der Waals surface area contributed by atoms with Crippen LogP contribution in [0.4, 0.5) is 0 Å². The van der Waals surface area contributed by atoms with E-state index in [0.717, 1.165) is 19.1 Å². The van der Waals surface area contributed by atoms with Crippen molar-refractivity contribution in [3.05, 3.63) is 29.8 Å². The van der Waals surface area contributed by atoms with Gasteiger partial charge in [0.05, 0.1) is 4.90 Å². The lowest BCUT2D eigenvalue weighted by Gasteiger charge is -2.32. The second-order valence-electron chi connectivity index (χ2n) is 5.99. The molecule has 126 valence electrons. The lowest BCUT2D eigenvalue weighted by atomic mass is 9.93. The summed E-state index contributed by atoms with van der Waals surface area (Å²) in [6, 6.07) is 5.93. The molecule has 0 bridgehead atoms. The Morgan fingerprint density at radius 1 is 1.26 bits per heavy atom. The first-order valence-corrected chi connectivity index (χ1v) is 9.47. The number of nitrogens with zero attached hydrogens (tertiary/aromatic N) is 1. The van der Waals surface area contributed by atoms with Gasteiger partial charge in [-0.2, -0.15) is 0 Å². The number of hydrogen-bond acceptors (Lipinski definition) is 4. The fourth-order valence-electron chi connectivity index (χ4n) is 2.84. The minimum Gasteiger partial charge on any atom is -0.481 e. The van der Waals surface area contributed by atoms with Crippen molar-refractivity contribution in [2.75, 3.05) is 19.3 Å². The Bertz CT molecular complexity index is 681. The molecule has 0 spiro atoms. The molecule has 6 nitrogen and oxygen atoms in total. The monoisotopic (exact) mass is 339 g/mol. The molecule has 1 amide bonds. The molecule has 1 aliphatic rings. The molecule has 1 heterocycles. The highest BCUT2D eigenvalue weighted by molar-refractivity contribution is 7.90. The first-order valence-electron chi connectivity index (χ1n) is 7.58. The van der Waals surface area contributed by atoms with Gasteiger partial charge in [0.2, 0.25) is 0 Å². The van der Waals surface area contributed by atoms with E-state index in [2.05, 4.69) is 0 Å². The maximum absolute atomic E-state index is 12.5. The van der Waals surface area contributed by atoms with E-state index >= 15 is 0 Å². The summed E-state index contributed by atoms with van der Waals surface area (Å²) in [7, 11) is -3.27. The maximum atomic E-state index is 12.5. The minimum atomic E-state index is -3.27. The quantitative estimate of drug-likeness (QED) is 0.883. The number of carboxylic acids is 1. The number of benzene rings is 1. The van der Waals surface area contributed by atoms with Gasteiger partial charge < -0.3 is 10.0 Å². The second kappa shape index (κ2) is 7.12. The van der Waals surface area contributed by atoms with Crippen molar-refractivity contribution in [2.45, 2.75) is 30.6 Å². The fourth-order valence-corrected chi connectivity index (χ4v) is 3.47. The maximum Gasteiger partial charge on any atom is 0.303 e. The van der Waals surface area contributed by atoms with Crippen LogP contribution in [-0.2, 0) is 14.6 Å². The number of amides is 1. The Morgan fingerprint density at radius 3 is 2.48 bits per heavy atom. The average molecular weight is 339 g/mol. The van der Waals surface area contributed by atoms with Gasteiger partial charge in [0.25, 0.3) is 5.91 Å². The summed E-state index contributed by atoms with van der Waals surface area (Å²) in [6.45, 7) is 1.20. The summed E-state index contributed by atoms with van der Waals surface area (Å²) in [5, 5.41) is 8.76. The van der Waals surface area contributed by atoms with Gasteiger partial charge >= 0.3 is 5.97 Å². The Morgan fingerprint density at radius 2 is 1.91 bits per heavy atom. The summed E-state index contributed by atoms with van der Waals surface area (Å²) < 4.78 is 22.9. The van der Waals surface area contributed by atoms with Crippen molar-refractivity contribution in [1.29, 1.82) is 0 Å². The van der Waals surface area contributed by atoms with Gasteiger partial charge in [-0.3, -0.25) is 9.59 Å². The summed E-state index contributed by atoms with van der Waals surface area (Å²) >= 11 is 0. The molecule has 0 saturated carbocycles. The zero-order valence-corrected chi connectivity index (χ0v) is 13.9. The highest BCUT2D eigenvalue weighted by Gasteiger charge is 2.25. The Balaban J connectivity index is 2.03. The van der Waals surface area contributed by atoms with Gasteiger partial charge in [-0.25, -0.2) is 8.42 Å². The number of carboxylic acid groups (broad SMARTS) is 1. The largest absolute Gasteiger partial charge is 0.481 e. The number of likely N-dealkylation sites (tertiary alicyclic amines) is 1. The van der Waals surface area contributed by atoms with Crippen LogP contribution in [-0.4, -0.2) is 49.6 Å². The minimum absolute atomic E-state index is 0.121. The normalized spacial score (nSPS) is 18.7. The molecular formula is C16H21NO5S. The molecule has 1 fully saturated rings. The van der Waals surface area contributed by atoms with Crippen LogP contribution in [0.15, 0.2) is 29.2 Å². The molecule has 23 heavy (non-hydrogen) atoms. The molecule has 2 rings (SSSR count). The van der Waals surface area contributed by atoms with E-state index in [-0.39, 0.29) is 23.1 Å². The van der Waals surface area contributed by atoms with Crippen molar-refractivity contribution in [3.63, 3.8) is 0 Å². The lowest BCUT2D eigenvalue weighted by molar-refractivity contribution is -0.137. The zero-order chi connectivity index (χ0) is 17.0. The molecule has 1 atom stereocenters. The molecule has 7 heteroatoms. The van der Waals surface area contributed by atoms with Crippen molar-refractivity contribution >= 4 is 21.7 Å². The van der Waals surface area contributed by atoms with E-state index in [9.17, 15) is 18.0 Å². The van der Waals surface area contributed by atoms with Gasteiger partial charge in [-0.1, -0.05) is 0 Å². The fraction of sp³-hybridized carbons (Fsp3) is 0.500. The van der Waals surface area contributed by atoms with E-state index in [1.165, 1.54) is 24.3 Å². The van der Waals surface area contributed by atoms with Crippen LogP contribution in [0.25, 0.3) is 0 Å². The molecule has 1 aliphatic heterocycles. The first kappa shape index (κ1) is 17.5. The van der Waals surface area contributed by atoms with Crippen molar-refractivity contribution in [1.82, 2.24) is 4.90 Å². The number of hydrogen-bond donors (Lipinski definition) is 1. The number of sulfone groups is 1. The molecule has 1 aromatic carbocycles. The van der Waals surface area contributed by atoms with Crippen molar-refractivity contribution in [3.8, 4) is 0 Å². The van der Waals surface area contributed by atoms with E-state index < -0.39 is 15.8 Å². The highest BCUT2D eigenvalue weighted by atomic mass is 32.2. The van der Waals surface area contributed by atoms with Crippen LogP contribution in [0.2, 0.25) is 0 Å². The van der Waals surface area contributed by atoms with Crippen LogP contribution in [0.1, 0.15) is 36.0 Å². The number of carbonyl (C=O) groups excluding carboxylic acids is 1. The van der Waals surface area contributed by atoms with Crippen LogP contribution in [0.3, 0.4) is 0 Å². The van der Waals surface area contributed by atoms with Crippen LogP contribution < -0.4 is 0 Å². The lowest BCUT2D eigenvalue weighted by Crippen LogP contribution is -2.40. The van der Waals surface area contributed by atoms with E-state index in [0.29, 0.717) is 25.1 Å². The SMILES string of the molecule is CS(=O)(=O)c1ccc(C(=O)N2CCC[C@@H](CCC(=O)O)C2)cc1. The summed E-state index contributed by atoms with van der Waals surface area (Å²) in [5.41, 5.74) is 0.455. The number of aliphatic carboxylic acids is 1. The molecule has 0 aliphatic carbocycles. The van der Waals surface area contributed by atoms with Crippen LogP contribution in [0.5, 0.6) is 0 Å². The third kappa shape index (κ3) is 4.79. The van der Waals surface area contributed by atoms with Crippen LogP contribution >= 0.6 is 0 Å². The molecule has 0 radical (unpaired) electrons. The number of carbonyl (C=O) groups is 2. The molecular weight excluding hydrogens is 318 g/mol. The molecule has 0 aromatic heterocycles. The predicted octanol–water partition coefficient (Wildman–Crippen LogP) is 1.81. The highest BCUT2D eigenvalue weighted by Crippen LogP contribution is 2.23. The third-order valence-corrected chi connectivity index (χ3v) is 5.23. The summed E-state index contributed by atoms with van der Waals surface area (Å²) in [4.78, 5) is 25.1. The molecule has 1 N–H and O–H groups in total. The van der Waals surface area contributed by atoms with Gasteiger partial charge in [0, 0.05) is 31.3 Å². The first-order chi connectivity index (χ1) is 10.8. The van der Waals surface area contributed by atoms with Crippen LogP contribution in [0, 0.1) is 5.92 Å². The van der Waals surface area contributed by atoms with E-state index in [1.807, 2.05) is 0 Å². The molecule has 1 aromatic rings.